The number of fused-ring (bicyclic) bond motifs is 2. The van der Waals surface area contributed by atoms with Gasteiger partial charge in [-0.15, -0.1) is 0 Å². The Labute approximate surface area is 126 Å². The molecular formula is C17H12ClN3. The third kappa shape index (κ3) is 1.89. The van der Waals surface area contributed by atoms with Gasteiger partial charge in [0.2, 0.25) is 5.28 Å². The maximum atomic E-state index is 6.10. The zero-order chi connectivity index (χ0) is 14.4. The Morgan fingerprint density at radius 3 is 2.48 bits per heavy atom. The van der Waals surface area contributed by atoms with Crippen LogP contribution >= 0.6 is 11.6 Å². The molecule has 0 bridgehead atoms. The van der Waals surface area contributed by atoms with Crippen molar-refractivity contribution in [3.05, 3.63) is 60.0 Å². The summed E-state index contributed by atoms with van der Waals surface area (Å²) in [6, 6.07) is 16.2. The number of rotatable bonds is 1. The van der Waals surface area contributed by atoms with E-state index in [1.165, 1.54) is 10.9 Å². The topological polar surface area (TPSA) is 30.7 Å². The lowest BCUT2D eigenvalue weighted by atomic mass is 10.1. The highest BCUT2D eigenvalue weighted by Crippen LogP contribution is 2.33. The van der Waals surface area contributed by atoms with Gasteiger partial charge < -0.3 is 4.57 Å². The van der Waals surface area contributed by atoms with E-state index in [0.717, 1.165) is 22.2 Å². The van der Waals surface area contributed by atoms with Crippen molar-refractivity contribution in [1.29, 1.82) is 0 Å². The maximum Gasteiger partial charge on any atom is 0.223 e. The maximum absolute atomic E-state index is 6.10. The molecule has 3 nitrogen and oxygen atoms in total. The van der Waals surface area contributed by atoms with E-state index in [4.69, 9.17) is 11.6 Å². The van der Waals surface area contributed by atoms with Crippen LogP contribution in [-0.4, -0.2) is 14.5 Å². The Balaban J connectivity index is 2.14. The Hall–Kier alpha value is -2.39. The molecule has 4 heteroatoms. The molecule has 21 heavy (non-hydrogen) atoms. The average Bonchev–Trinajstić information content (AvgIpc) is 2.84. The molecule has 0 aliphatic carbocycles. The third-order valence-corrected chi connectivity index (χ3v) is 3.90. The summed E-state index contributed by atoms with van der Waals surface area (Å²) >= 11 is 6.10. The highest BCUT2D eigenvalue weighted by Gasteiger charge is 2.13. The Morgan fingerprint density at radius 2 is 1.62 bits per heavy atom. The summed E-state index contributed by atoms with van der Waals surface area (Å²) < 4.78 is 2.11. The summed E-state index contributed by atoms with van der Waals surface area (Å²) in [5.74, 6) is 0. The highest BCUT2D eigenvalue weighted by atomic mass is 35.5. The second-order valence-electron chi connectivity index (χ2n) is 5.03. The second-order valence-corrected chi connectivity index (χ2v) is 5.37. The van der Waals surface area contributed by atoms with Gasteiger partial charge in [-0.05, 0) is 23.7 Å². The van der Waals surface area contributed by atoms with Gasteiger partial charge in [-0.1, -0.05) is 36.4 Å². The van der Waals surface area contributed by atoms with Gasteiger partial charge in [0.1, 0.15) is 0 Å². The SMILES string of the molecule is Cn1cc(-c2nc(Cl)nc3ccccc23)c2ccccc21. The first-order valence-electron chi connectivity index (χ1n) is 6.71. The predicted molar refractivity (Wildman–Crippen MR) is 86.5 cm³/mol. The van der Waals surface area contributed by atoms with E-state index in [1.54, 1.807) is 0 Å². The van der Waals surface area contributed by atoms with Crippen LogP contribution in [0.4, 0.5) is 0 Å². The molecule has 0 N–H and O–H groups in total. The minimum atomic E-state index is 0.275. The first-order chi connectivity index (χ1) is 10.2. The fourth-order valence-corrected chi connectivity index (χ4v) is 2.96. The summed E-state index contributed by atoms with van der Waals surface area (Å²) in [7, 11) is 2.04. The van der Waals surface area contributed by atoms with Crippen molar-refractivity contribution in [2.45, 2.75) is 0 Å². The van der Waals surface area contributed by atoms with Crippen molar-refractivity contribution in [2.24, 2.45) is 7.05 Å². The molecule has 4 aromatic rings. The number of aryl methyl sites for hydroxylation is 1. The van der Waals surface area contributed by atoms with Gasteiger partial charge in [0.05, 0.1) is 11.2 Å². The molecule has 0 saturated carbocycles. The fraction of sp³-hybridized carbons (Fsp3) is 0.0588. The minimum absolute atomic E-state index is 0.275. The van der Waals surface area contributed by atoms with Crippen LogP contribution in [0.1, 0.15) is 0 Å². The number of hydrogen-bond donors (Lipinski definition) is 0. The van der Waals surface area contributed by atoms with Crippen molar-refractivity contribution < 1.29 is 0 Å². The molecule has 0 amide bonds. The third-order valence-electron chi connectivity index (χ3n) is 3.73. The number of aromatic nitrogens is 3. The molecular weight excluding hydrogens is 282 g/mol. The van der Waals surface area contributed by atoms with Crippen molar-refractivity contribution in [3.63, 3.8) is 0 Å². The monoisotopic (exact) mass is 293 g/mol. The van der Waals surface area contributed by atoms with Crippen LogP contribution in [-0.2, 0) is 7.05 Å². The van der Waals surface area contributed by atoms with E-state index in [-0.39, 0.29) is 5.28 Å². The predicted octanol–water partition coefficient (Wildman–Crippen LogP) is 4.44. The molecule has 0 fully saturated rings. The molecule has 0 radical (unpaired) electrons. The van der Waals surface area contributed by atoms with Gasteiger partial charge in [-0.2, -0.15) is 0 Å². The van der Waals surface area contributed by atoms with E-state index in [1.807, 2.05) is 43.4 Å². The summed E-state index contributed by atoms with van der Waals surface area (Å²) in [5, 5.41) is 2.45. The van der Waals surface area contributed by atoms with Crippen LogP contribution in [0, 0.1) is 0 Å². The first-order valence-corrected chi connectivity index (χ1v) is 7.08. The zero-order valence-electron chi connectivity index (χ0n) is 11.4. The molecule has 0 spiro atoms. The molecule has 0 aliphatic rings. The van der Waals surface area contributed by atoms with Crippen LogP contribution in [0.3, 0.4) is 0 Å². The van der Waals surface area contributed by atoms with Crippen molar-refractivity contribution >= 4 is 33.4 Å². The molecule has 4 rings (SSSR count). The highest BCUT2D eigenvalue weighted by molar-refractivity contribution is 6.29. The second kappa shape index (κ2) is 4.57. The molecule has 0 atom stereocenters. The van der Waals surface area contributed by atoms with Gasteiger partial charge in [0.25, 0.3) is 0 Å². The van der Waals surface area contributed by atoms with Crippen molar-refractivity contribution in [2.75, 3.05) is 0 Å². The van der Waals surface area contributed by atoms with Crippen LogP contribution in [0.2, 0.25) is 5.28 Å². The molecule has 2 aromatic heterocycles. The van der Waals surface area contributed by atoms with Crippen LogP contribution in [0.5, 0.6) is 0 Å². The summed E-state index contributed by atoms with van der Waals surface area (Å²) in [6.07, 6.45) is 2.09. The number of benzene rings is 2. The standard InChI is InChI=1S/C17H12ClN3/c1-21-10-13(11-6-3-5-9-15(11)21)16-12-7-2-4-8-14(12)19-17(18)20-16/h2-10H,1H3. The van der Waals surface area contributed by atoms with Gasteiger partial charge >= 0.3 is 0 Å². The van der Waals surface area contributed by atoms with Gasteiger partial charge in [0, 0.05) is 35.1 Å². The fourth-order valence-electron chi connectivity index (χ4n) is 2.78. The van der Waals surface area contributed by atoms with Crippen LogP contribution in [0.15, 0.2) is 54.7 Å². The van der Waals surface area contributed by atoms with Crippen LogP contribution < -0.4 is 0 Å². The number of nitrogens with zero attached hydrogens (tertiary/aromatic N) is 3. The van der Waals surface area contributed by atoms with E-state index < -0.39 is 0 Å². The van der Waals surface area contributed by atoms with Crippen LogP contribution in [0.25, 0.3) is 33.1 Å². The van der Waals surface area contributed by atoms with Gasteiger partial charge in [-0.3, -0.25) is 0 Å². The summed E-state index contributed by atoms with van der Waals surface area (Å²) in [6.45, 7) is 0. The lowest BCUT2D eigenvalue weighted by Gasteiger charge is -2.05. The quantitative estimate of drug-likeness (QED) is 0.486. The molecule has 2 heterocycles. The summed E-state index contributed by atoms with van der Waals surface area (Å²) in [5.41, 5.74) is 3.99. The van der Waals surface area contributed by atoms with E-state index in [0.29, 0.717) is 0 Å². The Bertz CT molecular complexity index is 972. The van der Waals surface area contributed by atoms with Crippen molar-refractivity contribution in [3.8, 4) is 11.3 Å². The Kier molecular flexibility index (Phi) is 2.69. The van der Waals surface area contributed by atoms with Gasteiger partial charge in [0.15, 0.2) is 0 Å². The number of halogens is 1. The summed E-state index contributed by atoms with van der Waals surface area (Å²) in [4.78, 5) is 8.77. The van der Waals surface area contributed by atoms with Crippen molar-refractivity contribution in [1.82, 2.24) is 14.5 Å². The normalized spacial score (nSPS) is 11.3. The minimum Gasteiger partial charge on any atom is -0.350 e. The molecule has 102 valence electrons. The zero-order valence-corrected chi connectivity index (χ0v) is 12.2. The van der Waals surface area contributed by atoms with E-state index in [2.05, 4.69) is 32.9 Å². The average molecular weight is 294 g/mol. The largest absolute Gasteiger partial charge is 0.350 e. The lowest BCUT2D eigenvalue weighted by molar-refractivity contribution is 0.969. The molecule has 0 unspecified atom stereocenters. The Morgan fingerprint density at radius 1 is 0.905 bits per heavy atom. The number of para-hydroxylation sites is 2. The molecule has 0 saturated heterocycles. The number of hydrogen-bond acceptors (Lipinski definition) is 2. The smallest absolute Gasteiger partial charge is 0.223 e. The van der Waals surface area contributed by atoms with Gasteiger partial charge in [-0.25, -0.2) is 9.97 Å². The molecule has 0 aliphatic heterocycles. The van der Waals surface area contributed by atoms with E-state index >= 15 is 0 Å². The van der Waals surface area contributed by atoms with E-state index in [9.17, 15) is 0 Å². The molecule has 2 aromatic carbocycles. The first kappa shape index (κ1) is 12.4. The lowest BCUT2D eigenvalue weighted by Crippen LogP contribution is -1.90.